The van der Waals surface area contributed by atoms with E-state index in [0.29, 0.717) is 0 Å². The van der Waals surface area contributed by atoms with Crippen LogP contribution in [-0.2, 0) is 14.3 Å². The first kappa shape index (κ1) is 10.9. The van der Waals surface area contributed by atoms with E-state index in [-0.39, 0.29) is 18.9 Å². The highest BCUT2D eigenvalue weighted by atomic mass is 16.5. The number of ether oxygens (including phenoxy) is 1. The van der Waals surface area contributed by atoms with Gasteiger partial charge in [0.2, 0.25) is 5.91 Å². The summed E-state index contributed by atoms with van der Waals surface area (Å²) in [4.78, 5) is 20.8. The average molecular weight is 175 g/mol. The van der Waals surface area contributed by atoms with E-state index in [4.69, 9.17) is 9.84 Å². The van der Waals surface area contributed by atoms with Gasteiger partial charge in [0.15, 0.2) is 6.10 Å². The first-order valence-electron chi connectivity index (χ1n) is 3.63. The van der Waals surface area contributed by atoms with Crippen LogP contribution in [0.5, 0.6) is 0 Å². The second kappa shape index (κ2) is 5.54. The molecule has 0 saturated carbocycles. The van der Waals surface area contributed by atoms with Crippen molar-refractivity contribution >= 4 is 11.9 Å². The molecular weight excluding hydrogens is 162 g/mol. The molecule has 0 aromatic rings. The van der Waals surface area contributed by atoms with Crippen LogP contribution in [0.2, 0.25) is 0 Å². The summed E-state index contributed by atoms with van der Waals surface area (Å²) in [7, 11) is 1.52. The van der Waals surface area contributed by atoms with Gasteiger partial charge in [0, 0.05) is 13.5 Å². The average Bonchev–Trinajstić information content (AvgIpc) is 2.03. The number of rotatable bonds is 5. The maximum Gasteiger partial charge on any atom is 0.332 e. The van der Waals surface area contributed by atoms with Crippen molar-refractivity contribution in [3.05, 3.63) is 0 Å². The minimum atomic E-state index is -1.02. The third-order valence-electron chi connectivity index (χ3n) is 1.32. The zero-order valence-electron chi connectivity index (χ0n) is 7.16. The highest BCUT2D eigenvalue weighted by Gasteiger charge is 2.10. The second-order valence-electron chi connectivity index (χ2n) is 2.27. The van der Waals surface area contributed by atoms with Gasteiger partial charge in [-0.1, -0.05) is 0 Å². The van der Waals surface area contributed by atoms with Gasteiger partial charge in [0.1, 0.15) is 0 Å². The number of amides is 1. The summed E-state index contributed by atoms with van der Waals surface area (Å²) in [5, 5.41) is 10.8. The number of carbonyl (C=O) groups excluding carboxylic acids is 1. The van der Waals surface area contributed by atoms with Gasteiger partial charge in [0.25, 0.3) is 0 Å². The van der Waals surface area contributed by atoms with E-state index < -0.39 is 12.1 Å². The Kier molecular flexibility index (Phi) is 5.03. The Balaban J connectivity index is 3.43. The van der Waals surface area contributed by atoms with Crippen molar-refractivity contribution in [3.63, 3.8) is 0 Å². The maximum atomic E-state index is 10.6. The van der Waals surface area contributed by atoms with Crippen molar-refractivity contribution in [2.75, 3.05) is 13.7 Å². The highest BCUT2D eigenvalue weighted by molar-refractivity contribution is 5.75. The van der Waals surface area contributed by atoms with Crippen LogP contribution in [0.1, 0.15) is 13.3 Å². The van der Waals surface area contributed by atoms with Gasteiger partial charge in [-0.25, -0.2) is 4.79 Å². The molecule has 0 fully saturated rings. The maximum absolute atomic E-state index is 10.6. The number of carboxylic acids is 1. The van der Waals surface area contributed by atoms with Gasteiger partial charge in [-0.15, -0.1) is 0 Å². The van der Waals surface area contributed by atoms with Crippen LogP contribution in [0, 0.1) is 0 Å². The van der Waals surface area contributed by atoms with Crippen LogP contribution in [0.15, 0.2) is 0 Å². The van der Waals surface area contributed by atoms with E-state index in [9.17, 15) is 9.59 Å². The fraction of sp³-hybridized carbons (Fsp3) is 0.714. The normalized spacial score (nSPS) is 12.2. The molecule has 0 aromatic carbocycles. The van der Waals surface area contributed by atoms with Gasteiger partial charge in [-0.3, -0.25) is 4.79 Å². The van der Waals surface area contributed by atoms with Gasteiger partial charge in [-0.05, 0) is 6.92 Å². The lowest BCUT2D eigenvalue weighted by Gasteiger charge is -2.06. The molecule has 0 aliphatic rings. The van der Waals surface area contributed by atoms with Crippen molar-refractivity contribution in [2.24, 2.45) is 0 Å². The molecule has 0 bridgehead atoms. The molecule has 0 rings (SSSR count). The SMILES string of the molecule is CNC(=O)CCO[C@@H](C)C(=O)O. The number of nitrogens with one attached hydrogen (secondary N) is 1. The predicted molar refractivity (Wildman–Crippen MR) is 41.7 cm³/mol. The highest BCUT2D eigenvalue weighted by Crippen LogP contribution is 1.92. The minimum Gasteiger partial charge on any atom is -0.479 e. The molecule has 1 atom stereocenters. The third kappa shape index (κ3) is 4.68. The summed E-state index contributed by atoms with van der Waals surface area (Å²) < 4.78 is 4.82. The van der Waals surface area contributed by atoms with Crippen LogP contribution in [-0.4, -0.2) is 36.7 Å². The zero-order valence-corrected chi connectivity index (χ0v) is 7.16. The molecule has 0 saturated heterocycles. The molecule has 1 amide bonds. The number of carboxylic acid groups (broad SMARTS) is 1. The lowest BCUT2D eigenvalue weighted by Crippen LogP contribution is -2.24. The second-order valence-corrected chi connectivity index (χ2v) is 2.27. The third-order valence-corrected chi connectivity index (χ3v) is 1.32. The number of carbonyl (C=O) groups is 2. The van der Waals surface area contributed by atoms with E-state index >= 15 is 0 Å². The van der Waals surface area contributed by atoms with E-state index in [2.05, 4.69) is 5.32 Å². The van der Waals surface area contributed by atoms with Crippen LogP contribution >= 0.6 is 0 Å². The quantitative estimate of drug-likeness (QED) is 0.596. The Morgan fingerprint density at radius 1 is 1.58 bits per heavy atom. The summed E-state index contributed by atoms with van der Waals surface area (Å²) in [6.07, 6.45) is -0.664. The minimum absolute atomic E-state index is 0.132. The van der Waals surface area contributed by atoms with Crippen LogP contribution in [0.25, 0.3) is 0 Å². The van der Waals surface area contributed by atoms with Crippen molar-refractivity contribution in [2.45, 2.75) is 19.4 Å². The van der Waals surface area contributed by atoms with E-state index in [0.717, 1.165) is 0 Å². The molecule has 12 heavy (non-hydrogen) atoms. The summed E-state index contributed by atoms with van der Waals surface area (Å²) in [6.45, 7) is 1.55. The molecule has 0 aliphatic carbocycles. The Labute approximate surface area is 70.7 Å². The van der Waals surface area contributed by atoms with E-state index in [1.807, 2.05) is 0 Å². The van der Waals surface area contributed by atoms with Gasteiger partial charge >= 0.3 is 5.97 Å². The summed E-state index contributed by atoms with van der Waals surface area (Å²) >= 11 is 0. The number of hydrogen-bond donors (Lipinski definition) is 2. The van der Waals surface area contributed by atoms with Gasteiger partial charge in [0.05, 0.1) is 6.61 Å². The molecule has 5 nitrogen and oxygen atoms in total. The standard InChI is InChI=1S/C7H13NO4/c1-5(7(10)11)12-4-3-6(9)8-2/h5H,3-4H2,1-2H3,(H,8,9)(H,10,11)/t5-/m0/s1. The molecule has 0 aliphatic heterocycles. The fourth-order valence-corrected chi connectivity index (χ4v) is 0.525. The van der Waals surface area contributed by atoms with Crippen molar-refractivity contribution < 1.29 is 19.4 Å². The Hall–Kier alpha value is -1.10. The Bertz CT molecular complexity index is 169. The molecule has 5 heteroatoms. The number of hydrogen-bond acceptors (Lipinski definition) is 3. The summed E-state index contributed by atoms with van der Waals surface area (Å²) in [6, 6.07) is 0. The molecule has 0 heterocycles. The molecule has 70 valence electrons. The predicted octanol–water partition coefficient (Wildman–Crippen LogP) is -0.388. The van der Waals surface area contributed by atoms with Crippen LogP contribution in [0.4, 0.5) is 0 Å². The van der Waals surface area contributed by atoms with Crippen molar-refractivity contribution in [3.8, 4) is 0 Å². The zero-order chi connectivity index (χ0) is 9.56. The largest absolute Gasteiger partial charge is 0.479 e. The molecular formula is C7H13NO4. The summed E-state index contributed by atoms with van der Waals surface area (Å²) in [5.41, 5.74) is 0. The van der Waals surface area contributed by atoms with Crippen molar-refractivity contribution in [1.29, 1.82) is 0 Å². The van der Waals surface area contributed by atoms with E-state index in [1.165, 1.54) is 14.0 Å². The van der Waals surface area contributed by atoms with Crippen molar-refractivity contribution in [1.82, 2.24) is 5.32 Å². The topological polar surface area (TPSA) is 75.6 Å². The van der Waals surface area contributed by atoms with E-state index in [1.54, 1.807) is 0 Å². The molecule has 0 radical (unpaired) electrons. The fourth-order valence-electron chi connectivity index (χ4n) is 0.525. The first-order chi connectivity index (χ1) is 5.57. The van der Waals surface area contributed by atoms with Gasteiger partial charge < -0.3 is 15.2 Å². The molecule has 0 spiro atoms. The summed E-state index contributed by atoms with van der Waals surface area (Å²) in [5.74, 6) is -1.18. The first-order valence-corrected chi connectivity index (χ1v) is 3.63. The Morgan fingerprint density at radius 3 is 2.58 bits per heavy atom. The van der Waals surface area contributed by atoms with Gasteiger partial charge in [-0.2, -0.15) is 0 Å². The lowest BCUT2D eigenvalue weighted by atomic mass is 10.4. The Morgan fingerprint density at radius 2 is 2.17 bits per heavy atom. The smallest absolute Gasteiger partial charge is 0.332 e. The number of aliphatic carboxylic acids is 1. The molecule has 0 aromatic heterocycles. The van der Waals surface area contributed by atoms with Crippen LogP contribution in [0.3, 0.4) is 0 Å². The molecule has 2 N–H and O–H groups in total. The van der Waals surface area contributed by atoms with Crippen LogP contribution < -0.4 is 5.32 Å². The monoisotopic (exact) mass is 175 g/mol. The lowest BCUT2D eigenvalue weighted by molar-refractivity contribution is -0.149. The molecule has 0 unspecified atom stereocenters.